The lowest BCUT2D eigenvalue weighted by Gasteiger charge is -2.16. The van der Waals surface area contributed by atoms with Gasteiger partial charge in [0.15, 0.2) is 0 Å². The first-order valence-corrected chi connectivity index (χ1v) is 9.45. The number of rotatable bonds is 7. The van der Waals surface area contributed by atoms with Crippen LogP contribution in [0.5, 0.6) is 0 Å². The second-order valence-electron chi connectivity index (χ2n) is 5.51. The zero-order valence-electron chi connectivity index (χ0n) is 14.4. The normalized spacial score (nSPS) is 12.5. The molecule has 0 unspecified atom stereocenters. The molecule has 0 aliphatic carbocycles. The molecule has 9 nitrogen and oxygen atoms in total. The maximum absolute atomic E-state index is 12.6. The van der Waals surface area contributed by atoms with Crippen LogP contribution in [0.25, 0.3) is 0 Å². The molecule has 0 saturated heterocycles. The SMILES string of the molecule is COC(=O)Nc1ccc(S(=O)(=O)NC[C@@H](c2ccco2)n2cccn2)cc1. The molecule has 2 N–H and O–H groups in total. The Morgan fingerprint density at radius 2 is 2.04 bits per heavy atom. The van der Waals surface area contributed by atoms with Crippen LogP contribution < -0.4 is 10.0 Å². The molecular weight excluding hydrogens is 372 g/mol. The largest absolute Gasteiger partial charge is 0.467 e. The molecule has 0 radical (unpaired) electrons. The maximum atomic E-state index is 12.6. The molecule has 1 amide bonds. The third-order valence-electron chi connectivity index (χ3n) is 3.78. The predicted molar refractivity (Wildman–Crippen MR) is 96.7 cm³/mol. The first-order valence-electron chi connectivity index (χ1n) is 7.97. The second kappa shape index (κ2) is 8.06. The van der Waals surface area contributed by atoms with Crippen LogP contribution in [-0.2, 0) is 14.8 Å². The van der Waals surface area contributed by atoms with E-state index in [4.69, 9.17) is 4.42 Å². The van der Waals surface area contributed by atoms with Gasteiger partial charge in [-0.25, -0.2) is 17.9 Å². The van der Waals surface area contributed by atoms with Crippen LogP contribution in [0, 0.1) is 0 Å². The van der Waals surface area contributed by atoms with Gasteiger partial charge in [0.25, 0.3) is 0 Å². The number of nitrogens with zero attached hydrogens (tertiary/aromatic N) is 2. The van der Waals surface area contributed by atoms with Gasteiger partial charge in [0.1, 0.15) is 11.8 Å². The number of ether oxygens (including phenoxy) is 1. The third kappa shape index (κ3) is 4.54. The van der Waals surface area contributed by atoms with Crippen LogP contribution >= 0.6 is 0 Å². The smallest absolute Gasteiger partial charge is 0.411 e. The van der Waals surface area contributed by atoms with E-state index in [1.54, 1.807) is 35.3 Å². The maximum Gasteiger partial charge on any atom is 0.411 e. The van der Waals surface area contributed by atoms with Crippen molar-refractivity contribution in [3.05, 3.63) is 66.9 Å². The van der Waals surface area contributed by atoms with Crippen molar-refractivity contribution < 1.29 is 22.4 Å². The fourth-order valence-corrected chi connectivity index (χ4v) is 3.47. The van der Waals surface area contributed by atoms with Crippen LogP contribution in [0.15, 0.2) is 70.4 Å². The zero-order chi connectivity index (χ0) is 19.3. The molecular formula is C17H18N4O5S. The summed E-state index contributed by atoms with van der Waals surface area (Å²) in [5.41, 5.74) is 0.422. The van der Waals surface area contributed by atoms with Crippen LogP contribution in [0.4, 0.5) is 10.5 Å². The average Bonchev–Trinajstić information content (AvgIpc) is 3.37. The molecule has 142 valence electrons. The quantitative estimate of drug-likeness (QED) is 0.639. The molecule has 3 aromatic rings. The molecule has 1 atom stereocenters. The number of furan rings is 1. The van der Waals surface area contributed by atoms with Gasteiger partial charge in [-0.05, 0) is 42.5 Å². The molecule has 0 spiro atoms. The van der Waals surface area contributed by atoms with Gasteiger partial charge in [0.05, 0.1) is 18.3 Å². The number of methoxy groups -OCH3 is 1. The van der Waals surface area contributed by atoms with E-state index in [1.807, 2.05) is 0 Å². The highest BCUT2D eigenvalue weighted by molar-refractivity contribution is 7.89. The van der Waals surface area contributed by atoms with Gasteiger partial charge < -0.3 is 9.15 Å². The molecule has 3 rings (SSSR count). The Kier molecular flexibility index (Phi) is 5.57. The standard InChI is InChI=1S/C17H18N4O5S/c1-25-17(22)20-13-5-7-14(8-6-13)27(23,24)19-12-15(16-4-2-11-26-16)21-10-3-9-18-21/h2-11,15,19H,12H2,1H3,(H,20,22)/t15-/m0/s1. The minimum Gasteiger partial charge on any atom is -0.467 e. The number of carbonyl (C=O) groups excluding carboxylic acids is 1. The van der Waals surface area contributed by atoms with E-state index in [9.17, 15) is 13.2 Å². The third-order valence-corrected chi connectivity index (χ3v) is 5.22. The van der Waals surface area contributed by atoms with Gasteiger partial charge in [-0.3, -0.25) is 10.00 Å². The summed E-state index contributed by atoms with van der Waals surface area (Å²) in [6, 6.07) is 10.5. The molecule has 2 aromatic heterocycles. The summed E-state index contributed by atoms with van der Waals surface area (Å²) in [5.74, 6) is 0.582. The second-order valence-corrected chi connectivity index (χ2v) is 7.28. The van der Waals surface area contributed by atoms with Gasteiger partial charge in [-0.15, -0.1) is 0 Å². The minimum atomic E-state index is -3.77. The number of benzene rings is 1. The van der Waals surface area contributed by atoms with Crippen molar-refractivity contribution in [2.24, 2.45) is 0 Å². The molecule has 0 aliphatic rings. The molecule has 1 aromatic carbocycles. The summed E-state index contributed by atoms with van der Waals surface area (Å²) < 4.78 is 39.2. The van der Waals surface area contributed by atoms with Crippen LogP contribution in [-0.4, -0.2) is 37.9 Å². The Hall–Kier alpha value is -3.11. The van der Waals surface area contributed by atoms with Crippen molar-refractivity contribution in [3.8, 4) is 0 Å². The first-order chi connectivity index (χ1) is 13.0. The average molecular weight is 390 g/mol. The van der Waals surface area contributed by atoms with Gasteiger partial charge in [0.2, 0.25) is 10.0 Å². The lowest BCUT2D eigenvalue weighted by atomic mass is 10.2. The van der Waals surface area contributed by atoms with Crippen LogP contribution in [0.3, 0.4) is 0 Å². The monoisotopic (exact) mass is 390 g/mol. The highest BCUT2D eigenvalue weighted by Gasteiger charge is 2.21. The predicted octanol–water partition coefficient (Wildman–Crippen LogP) is 2.22. The fourth-order valence-electron chi connectivity index (χ4n) is 2.43. The van der Waals surface area contributed by atoms with Crippen molar-refractivity contribution in [2.45, 2.75) is 10.9 Å². The number of nitrogens with one attached hydrogen (secondary N) is 2. The van der Waals surface area contributed by atoms with E-state index in [0.717, 1.165) is 0 Å². The Morgan fingerprint density at radius 1 is 1.26 bits per heavy atom. The molecule has 0 fully saturated rings. The van der Waals surface area contributed by atoms with Gasteiger partial charge >= 0.3 is 6.09 Å². The molecule has 10 heteroatoms. The number of sulfonamides is 1. The van der Waals surface area contributed by atoms with Crippen molar-refractivity contribution in [2.75, 3.05) is 19.0 Å². The number of amides is 1. The molecule has 27 heavy (non-hydrogen) atoms. The number of hydrogen-bond acceptors (Lipinski definition) is 6. The summed E-state index contributed by atoms with van der Waals surface area (Å²) in [6.07, 6.45) is 4.23. The lowest BCUT2D eigenvalue weighted by molar-refractivity contribution is 0.187. The van der Waals surface area contributed by atoms with E-state index in [0.29, 0.717) is 11.4 Å². The summed E-state index contributed by atoms with van der Waals surface area (Å²) in [7, 11) is -2.52. The Bertz CT molecular complexity index is 933. The van der Waals surface area contributed by atoms with E-state index in [1.165, 1.54) is 37.6 Å². The number of anilines is 1. The number of hydrogen-bond donors (Lipinski definition) is 2. The van der Waals surface area contributed by atoms with E-state index < -0.39 is 22.2 Å². The first kappa shape index (κ1) is 18.7. The topological polar surface area (TPSA) is 115 Å². The zero-order valence-corrected chi connectivity index (χ0v) is 15.2. The van der Waals surface area contributed by atoms with Crippen LogP contribution in [0.1, 0.15) is 11.8 Å². The molecule has 0 aliphatic heterocycles. The minimum absolute atomic E-state index is 0.0552. The number of carbonyl (C=O) groups is 1. The molecule has 2 heterocycles. The van der Waals surface area contributed by atoms with E-state index >= 15 is 0 Å². The summed E-state index contributed by atoms with van der Waals surface area (Å²) >= 11 is 0. The highest BCUT2D eigenvalue weighted by Crippen LogP contribution is 2.19. The Morgan fingerprint density at radius 3 is 2.63 bits per heavy atom. The van der Waals surface area contributed by atoms with Crippen molar-refractivity contribution in [3.63, 3.8) is 0 Å². The van der Waals surface area contributed by atoms with Crippen molar-refractivity contribution >= 4 is 21.8 Å². The number of aromatic nitrogens is 2. The molecule has 0 saturated carbocycles. The fraction of sp³-hybridized carbons (Fsp3) is 0.176. The van der Waals surface area contributed by atoms with Gasteiger partial charge in [0, 0.05) is 24.6 Å². The summed E-state index contributed by atoms with van der Waals surface area (Å²) in [5, 5.41) is 6.62. The highest BCUT2D eigenvalue weighted by atomic mass is 32.2. The Balaban J connectivity index is 1.72. The lowest BCUT2D eigenvalue weighted by Crippen LogP contribution is -2.31. The van der Waals surface area contributed by atoms with Crippen molar-refractivity contribution in [1.82, 2.24) is 14.5 Å². The van der Waals surface area contributed by atoms with Gasteiger partial charge in [-0.1, -0.05) is 0 Å². The summed E-state index contributed by atoms with van der Waals surface area (Å²) in [6.45, 7) is 0.0552. The molecule has 0 bridgehead atoms. The van der Waals surface area contributed by atoms with Crippen LogP contribution in [0.2, 0.25) is 0 Å². The van der Waals surface area contributed by atoms with Gasteiger partial charge in [-0.2, -0.15) is 5.10 Å². The van der Waals surface area contributed by atoms with E-state index in [2.05, 4.69) is 19.9 Å². The Labute approximate surface area is 156 Å². The van der Waals surface area contributed by atoms with E-state index in [-0.39, 0.29) is 11.4 Å². The van der Waals surface area contributed by atoms with Crippen molar-refractivity contribution in [1.29, 1.82) is 0 Å². The summed E-state index contributed by atoms with van der Waals surface area (Å²) in [4.78, 5) is 11.3.